The number of amides is 1. The van der Waals surface area contributed by atoms with Gasteiger partial charge in [0.05, 0.1) is 5.56 Å². The standard InChI is InChI=1S/C14H17F2NO/c1-2-4-10-7-8-17(9-10)14(18)11-5-3-6-12(15)13(11)16/h3,5-6,10H,2,4,7-9H2,1H3. The molecule has 98 valence electrons. The van der Waals surface area contributed by atoms with E-state index in [1.54, 1.807) is 4.90 Å². The summed E-state index contributed by atoms with van der Waals surface area (Å²) in [5.74, 6) is -1.91. The first-order chi connectivity index (χ1) is 8.63. The van der Waals surface area contributed by atoms with Gasteiger partial charge in [-0.2, -0.15) is 0 Å². The van der Waals surface area contributed by atoms with Gasteiger partial charge in [-0.05, 0) is 30.9 Å². The number of rotatable bonds is 3. The van der Waals surface area contributed by atoms with Crippen molar-refractivity contribution in [1.29, 1.82) is 0 Å². The number of hydrogen-bond acceptors (Lipinski definition) is 1. The van der Waals surface area contributed by atoms with E-state index in [9.17, 15) is 13.6 Å². The zero-order valence-corrected chi connectivity index (χ0v) is 10.5. The highest BCUT2D eigenvalue weighted by Crippen LogP contribution is 2.23. The van der Waals surface area contributed by atoms with Crippen LogP contribution in [0, 0.1) is 17.6 Å². The first-order valence-corrected chi connectivity index (χ1v) is 6.36. The predicted octanol–water partition coefficient (Wildman–Crippen LogP) is 3.23. The van der Waals surface area contributed by atoms with E-state index in [-0.39, 0.29) is 5.56 Å². The quantitative estimate of drug-likeness (QED) is 0.810. The van der Waals surface area contributed by atoms with Crippen molar-refractivity contribution in [3.8, 4) is 0 Å². The van der Waals surface area contributed by atoms with E-state index >= 15 is 0 Å². The van der Waals surface area contributed by atoms with Crippen LogP contribution in [0.3, 0.4) is 0 Å². The Morgan fingerprint density at radius 3 is 2.94 bits per heavy atom. The van der Waals surface area contributed by atoms with Gasteiger partial charge in [0, 0.05) is 13.1 Å². The number of hydrogen-bond donors (Lipinski definition) is 0. The lowest BCUT2D eigenvalue weighted by atomic mass is 10.0. The first kappa shape index (κ1) is 13.0. The van der Waals surface area contributed by atoms with Gasteiger partial charge in [0.25, 0.3) is 5.91 Å². The highest BCUT2D eigenvalue weighted by Gasteiger charge is 2.28. The van der Waals surface area contributed by atoms with Crippen molar-refractivity contribution in [3.05, 3.63) is 35.4 Å². The van der Waals surface area contributed by atoms with Crippen LogP contribution in [0.2, 0.25) is 0 Å². The molecule has 0 bridgehead atoms. The van der Waals surface area contributed by atoms with Crippen LogP contribution in [0.5, 0.6) is 0 Å². The summed E-state index contributed by atoms with van der Waals surface area (Å²) in [6.45, 7) is 3.40. The zero-order chi connectivity index (χ0) is 13.1. The summed E-state index contributed by atoms with van der Waals surface area (Å²) < 4.78 is 26.6. The fourth-order valence-corrected chi connectivity index (χ4v) is 2.50. The monoisotopic (exact) mass is 253 g/mol. The van der Waals surface area contributed by atoms with Crippen LogP contribution < -0.4 is 0 Å². The summed E-state index contributed by atoms with van der Waals surface area (Å²) in [7, 11) is 0. The van der Waals surface area contributed by atoms with Gasteiger partial charge in [0.15, 0.2) is 11.6 Å². The van der Waals surface area contributed by atoms with E-state index in [2.05, 4.69) is 6.92 Å². The lowest BCUT2D eigenvalue weighted by Gasteiger charge is -2.17. The number of benzene rings is 1. The maximum absolute atomic E-state index is 13.5. The van der Waals surface area contributed by atoms with Crippen LogP contribution in [0.4, 0.5) is 8.78 Å². The average Bonchev–Trinajstić information content (AvgIpc) is 2.81. The maximum Gasteiger partial charge on any atom is 0.256 e. The molecule has 1 aromatic rings. The Balaban J connectivity index is 2.11. The molecule has 1 aromatic carbocycles. The Bertz CT molecular complexity index is 447. The molecule has 2 rings (SSSR count). The molecule has 1 aliphatic rings. The van der Waals surface area contributed by atoms with E-state index in [0.717, 1.165) is 25.3 Å². The highest BCUT2D eigenvalue weighted by molar-refractivity contribution is 5.94. The molecule has 0 N–H and O–H groups in total. The van der Waals surface area contributed by atoms with Crippen molar-refractivity contribution in [3.63, 3.8) is 0 Å². The predicted molar refractivity (Wildman–Crippen MR) is 65.3 cm³/mol. The Labute approximate surface area is 106 Å². The molecule has 1 atom stereocenters. The van der Waals surface area contributed by atoms with Crippen LogP contribution in [0.15, 0.2) is 18.2 Å². The molecule has 1 fully saturated rings. The van der Waals surface area contributed by atoms with Crippen molar-refractivity contribution in [1.82, 2.24) is 4.90 Å². The zero-order valence-electron chi connectivity index (χ0n) is 10.5. The molecule has 4 heteroatoms. The molecular weight excluding hydrogens is 236 g/mol. The van der Waals surface area contributed by atoms with Crippen LogP contribution in [-0.4, -0.2) is 23.9 Å². The number of carbonyl (C=O) groups excluding carboxylic acids is 1. The number of carbonyl (C=O) groups is 1. The second-order valence-corrected chi connectivity index (χ2v) is 4.80. The third-order valence-corrected chi connectivity index (χ3v) is 3.45. The third kappa shape index (κ3) is 2.52. The molecule has 1 saturated heterocycles. The molecule has 2 nitrogen and oxygen atoms in total. The van der Waals surface area contributed by atoms with Crippen molar-refractivity contribution >= 4 is 5.91 Å². The van der Waals surface area contributed by atoms with Gasteiger partial charge in [0.2, 0.25) is 0 Å². The smallest absolute Gasteiger partial charge is 0.256 e. The lowest BCUT2D eigenvalue weighted by Crippen LogP contribution is -2.29. The van der Waals surface area contributed by atoms with Gasteiger partial charge in [0.1, 0.15) is 0 Å². The fraction of sp³-hybridized carbons (Fsp3) is 0.500. The van der Waals surface area contributed by atoms with Crippen molar-refractivity contribution < 1.29 is 13.6 Å². The molecular formula is C14H17F2NO. The summed E-state index contributed by atoms with van der Waals surface area (Å²) in [6.07, 6.45) is 3.12. The summed E-state index contributed by atoms with van der Waals surface area (Å²) >= 11 is 0. The third-order valence-electron chi connectivity index (χ3n) is 3.45. The second kappa shape index (κ2) is 5.46. The summed E-state index contributed by atoms with van der Waals surface area (Å²) in [4.78, 5) is 13.7. The largest absolute Gasteiger partial charge is 0.338 e. The van der Waals surface area contributed by atoms with Crippen LogP contribution in [0.1, 0.15) is 36.5 Å². The van der Waals surface area contributed by atoms with Gasteiger partial charge in [-0.25, -0.2) is 8.78 Å². The second-order valence-electron chi connectivity index (χ2n) is 4.80. The minimum atomic E-state index is -1.04. The topological polar surface area (TPSA) is 20.3 Å². The summed E-state index contributed by atoms with van der Waals surface area (Å²) in [6, 6.07) is 3.73. The Hall–Kier alpha value is -1.45. The fourth-order valence-electron chi connectivity index (χ4n) is 2.50. The highest BCUT2D eigenvalue weighted by atomic mass is 19.2. The summed E-state index contributed by atoms with van der Waals surface area (Å²) in [5.41, 5.74) is -0.160. The minimum absolute atomic E-state index is 0.160. The van der Waals surface area contributed by atoms with Gasteiger partial charge in [-0.3, -0.25) is 4.79 Å². The molecule has 0 saturated carbocycles. The average molecular weight is 253 g/mol. The SMILES string of the molecule is CCCC1CCN(C(=O)c2cccc(F)c2F)C1. The first-order valence-electron chi connectivity index (χ1n) is 6.36. The van der Waals surface area contributed by atoms with E-state index in [4.69, 9.17) is 0 Å². The van der Waals surface area contributed by atoms with Gasteiger partial charge >= 0.3 is 0 Å². The molecule has 0 aromatic heterocycles. The molecule has 0 spiro atoms. The van der Waals surface area contributed by atoms with Crippen molar-refractivity contribution in [2.45, 2.75) is 26.2 Å². The van der Waals surface area contributed by atoms with Crippen molar-refractivity contribution in [2.24, 2.45) is 5.92 Å². The number of nitrogens with zero attached hydrogens (tertiary/aromatic N) is 1. The Kier molecular flexibility index (Phi) is 3.94. The van der Waals surface area contributed by atoms with E-state index in [1.807, 2.05) is 0 Å². The van der Waals surface area contributed by atoms with Gasteiger partial charge in [-0.1, -0.05) is 19.4 Å². The summed E-state index contributed by atoms with van der Waals surface area (Å²) in [5, 5.41) is 0. The number of halogens is 2. The molecule has 0 radical (unpaired) electrons. The Morgan fingerprint density at radius 1 is 1.44 bits per heavy atom. The van der Waals surface area contributed by atoms with E-state index in [0.29, 0.717) is 19.0 Å². The normalized spacial score (nSPS) is 19.3. The molecule has 1 unspecified atom stereocenters. The molecule has 1 heterocycles. The lowest BCUT2D eigenvalue weighted by molar-refractivity contribution is 0.0780. The van der Waals surface area contributed by atoms with Crippen molar-refractivity contribution in [2.75, 3.05) is 13.1 Å². The Morgan fingerprint density at radius 2 is 2.22 bits per heavy atom. The molecule has 18 heavy (non-hydrogen) atoms. The molecule has 1 amide bonds. The maximum atomic E-state index is 13.5. The minimum Gasteiger partial charge on any atom is -0.338 e. The van der Waals surface area contributed by atoms with Gasteiger partial charge < -0.3 is 4.90 Å². The molecule has 1 aliphatic heterocycles. The van der Waals surface area contributed by atoms with Crippen LogP contribution in [0.25, 0.3) is 0 Å². The molecule has 0 aliphatic carbocycles. The van der Waals surface area contributed by atoms with Gasteiger partial charge in [-0.15, -0.1) is 0 Å². The number of likely N-dealkylation sites (tertiary alicyclic amines) is 1. The van der Waals surface area contributed by atoms with Crippen LogP contribution in [-0.2, 0) is 0 Å². The van der Waals surface area contributed by atoms with E-state index in [1.165, 1.54) is 12.1 Å². The van der Waals surface area contributed by atoms with Crippen LogP contribution >= 0.6 is 0 Å². The van der Waals surface area contributed by atoms with E-state index < -0.39 is 17.5 Å².